The smallest absolute Gasteiger partial charge is 0.226 e. The number of benzene rings is 1. The van der Waals surface area contributed by atoms with Gasteiger partial charge in [0.25, 0.3) is 0 Å². The molecular formula is C21H25N5O. The van der Waals surface area contributed by atoms with Crippen LogP contribution in [0.15, 0.2) is 36.5 Å². The van der Waals surface area contributed by atoms with Gasteiger partial charge in [0.1, 0.15) is 5.82 Å². The average Bonchev–Trinajstić information content (AvgIpc) is 3.37. The summed E-state index contributed by atoms with van der Waals surface area (Å²) in [5.41, 5.74) is 5.22. The fourth-order valence-corrected chi connectivity index (χ4v) is 3.43. The Bertz CT molecular complexity index is 952. The van der Waals surface area contributed by atoms with Crippen molar-refractivity contribution in [3.8, 4) is 11.4 Å². The van der Waals surface area contributed by atoms with Crippen LogP contribution in [0.4, 0.5) is 0 Å². The van der Waals surface area contributed by atoms with Gasteiger partial charge in [-0.05, 0) is 26.7 Å². The van der Waals surface area contributed by atoms with E-state index in [-0.39, 0.29) is 11.8 Å². The van der Waals surface area contributed by atoms with Crippen LogP contribution in [-0.4, -0.2) is 30.6 Å². The first-order valence-electron chi connectivity index (χ1n) is 9.40. The summed E-state index contributed by atoms with van der Waals surface area (Å²) in [4.78, 5) is 22.7. The second-order valence-corrected chi connectivity index (χ2v) is 7.36. The summed E-state index contributed by atoms with van der Waals surface area (Å²) >= 11 is 0. The average molecular weight is 363 g/mol. The highest BCUT2D eigenvalue weighted by molar-refractivity contribution is 5.81. The van der Waals surface area contributed by atoms with E-state index in [9.17, 15) is 4.79 Å². The van der Waals surface area contributed by atoms with Gasteiger partial charge in [-0.25, -0.2) is 4.98 Å². The van der Waals surface area contributed by atoms with E-state index in [1.165, 1.54) is 0 Å². The van der Waals surface area contributed by atoms with Crippen molar-refractivity contribution in [2.24, 2.45) is 13.0 Å². The number of nitrogens with one attached hydrogen (secondary N) is 1. The number of nitrogens with zero attached hydrogens (tertiary/aromatic N) is 4. The number of H-pyrrole nitrogens is 1. The van der Waals surface area contributed by atoms with Gasteiger partial charge in [-0.1, -0.05) is 30.3 Å². The lowest BCUT2D eigenvalue weighted by atomic mass is 10.1. The molecule has 1 saturated carbocycles. The minimum atomic E-state index is 0.179. The van der Waals surface area contributed by atoms with Crippen molar-refractivity contribution in [1.82, 2.24) is 24.6 Å². The maximum absolute atomic E-state index is 12.9. The summed E-state index contributed by atoms with van der Waals surface area (Å²) in [7, 11) is 1.94. The minimum Gasteiger partial charge on any atom is -0.340 e. The van der Waals surface area contributed by atoms with Crippen molar-refractivity contribution < 1.29 is 4.79 Å². The summed E-state index contributed by atoms with van der Waals surface area (Å²) in [5.74, 6) is 1.24. The third-order valence-electron chi connectivity index (χ3n) is 5.28. The summed E-state index contributed by atoms with van der Waals surface area (Å²) in [6, 6.07) is 10.0. The zero-order valence-corrected chi connectivity index (χ0v) is 16.1. The molecule has 1 amide bonds. The number of hydrogen-bond acceptors (Lipinski definition) is 3. The molecule has 1 N–H and O–H groups in total. The zero-order chi connectivity index (χ0) is 19.0. The SMILES string of the molecule is Cc1nn(C)c(C)c1CN(Cc1cnc(-c2ccccc2)[nH]1)C(=O)C1CC1. The van der Waals surface area contributed by atoms with Crippen molar-refractivity contribution in [3.05, 3.63) is 59.2 Å². The van der Waals surface area contributed by atoms with Crippen molar-refractivity contribution in [2.75, 3.05) is 0 Å². The summed E-state index contributed by atoms with van der Waals surface area (Å²) in [6.45, 7) is 5.17. The van der Waals surface area contributed by atoms with Crippen LogP contribution in [0.3, 0.4) is 0 Å². The van der Waals surface area contributed by atoms with Gasteiger partial charge < -0.3 is 9.88 Å². The molecule has 0 aliphatic heterocycles. The number of amides is 1. The monoisotopic (exact) mass is 363 g/mol. The number of aromatic amines is 1. The molecule has 1 aromatic carbocycles. The molecule has 0 bridgehead atoms. The van der Waals surface area contributed by atoms with Crippen LogP contribution in [0.1, 0.15) is 35.5 Å². The summed E-state index contributed by atoms with van der Waals surface area (Å²) < 4.78 is 1.88. The molecule has 1 aliphatic rings. The second-order valence-electron chi connectivity index (χ2n) is 7.36. The van der Waals surface area contributed by atoms with Crippen LogP contribution in [0, 0.1) is 19.8 Å². The molecule has 140 valence electrons. The largest absolute Gasteiger partial charge is 0.340 e. The number of carbonyl (C=O) groups excluding carboxylic acids is 1. The highest BCUT2D eigenvalue weighted by Gasteiger charge is 2.34. The van der Waals surface area contributed by atoms with Crippen molar-refractivity contribution in [2.45, 2.75) is 39.8 Å². The fourth-order valence-electron chi connectivity index (χ4n) is 3.43. The Kier molecular flexibility index (Phi) is 4.56. The third kappa shape index (κ3) is 3.65. The van der Waals surface area contributed by atoms with E-state index in [4.69, 9.17) is 0 Å². The minimum absolute atomic E-state index is 0.179. The molecule has 0 unspecified atom stereocenters. The van der Waals surface area contributed by atoms with Crippen molar-refractivity contribution in [3.63, 3.8) is 0 Å². The van der Waals surface area contributed by atoms with E-state index in [1.807, 2.05) is 60.1 Å². The number of carbonyl (C=O) groups is 1. The van der Waals surface area contributed by atoms with Crippen LogP contribution >= 0.6 is 0 Å². The van der Waals surface area contributed by atoms with Gasteiger partial charge in [-0.3, -0.25) is 9.48 Å². The zero-order valence-electron chi connectivity index (χ0n) is 16.1. The number of imidazole rings is 1. The Balaban J connectivity index is 1.57. The van der Waals surface area contributed by atoms with Gasteiger partial charge in [0, 0.05) is 36.3 Å². The predicted molar refractivity (Wildman–Crippen MR) is 104 cm³/mol. The number of aryl methyl sites for hydroxylation is 2. The van der Waals surface area contributed by atoms with Crippen LogP contribution < -0.4 is 0 Å². The molecule has 2 heterocycles. The Hall–Kier alpha value is -2.89. The molecule has 0 atom stereocenters. The van der Waals surface area contributed by atoms with E-state index < -0.39 is 0 Å². The van der Waals surface area contributed by atoms with Crippen LogP contribution in [0.2, 0.25) is 0 Å². The number of hydrogen-bond donors (Lipinski definition) is 1. The molecule has 6 nitrogen and oxygen atoms in total. The Labute approximate surface area is 159 Å². The van der Waals surface area contributed by atoms with Gasteiger partial charge in [0.15, 0.2) is 0 Å². The van der Waals surface area contributed by atoms with Crippen LogP contribution in [-0.2, 0) is 24.9 Å². The quantitative estimate of drug-likeness (QED) is 0.730. The Morgan fingerprint density at radius 3 is 2.59 bits per heavy atom. The maximum Gasteiger partial charge on any atom is 0.226 e. The molecule has 0 radical (unpaired) electrons. The van der Waals surface area contributed by atoms with E-state index in [1.54, 1.807) is 0 Å². The third-order valence-corrected chi connectivity index (χ3v) is 5.28. The van der Waals surface area contributed by atoms with E-state index in [2.05, 4.69) is 22.0 Å². The second kappa shape index (κ2) is 7.02. The van der Waals surface area contributed by atoms with Gasteiger partial charge in [0.05, 0.1) is 24.1 Å². The van der Waals surface area contributed by atoms with Gasteiger partial charge >= 0.3 is 0 Å². The molecule has 6 heteroatoms. The molecular weight excluding hydrogens is 338 g/mol. The van der Waals surface area contributed by atoms with Crippen molar-refractivity contribution >= 4 is 5.91 Å². The number of rotatable bonds is 6. The predicted octanol–water partition coefficient (Wildman–Crippen LogP) is 3.37. The lowest BCUT2D eigenvalue weighted by molar-refractivity contribution is -0.133. The molecule has 0 spiro atoms. The Morgan fingerprint density at radius 2 is 1.96 bits per heavy atom. The summed E-state index contributed by atoms with van der Waals surface area (Å²) in [6.07, 6.45) is 3.83. The highest BCUT2D eigenvalue weighted by Crippen LogP contribution is 2.32. The van der Waals surface area contributed by atoms with Gasteiger partial charge in [0.2, 0.25) is 5.91 Å². The van der Waals surface area contributed by atoms with Crippen LogP contribution in [0.25, 0.3) is 11.4 Å². The standard InChI is InChI=1S/C21H25N5O/c1-14-19(15(2)25(3)24-14)13-26(21(27)17-9-10-17)12-18-11-22-20(23-18)16-7-5-4-6-8-16/h4-8,11,17H,9-10,12-13H2,1-3H3,(H,22,23). The molecule has 4 rings (SSSR count). The van der Waals surface area contributed by atoms with Gasteiger partial charge in [-0.2, -0.15) is 5.10 Å². The van der Waals surface area contributed by atoms with Crippen LogP contribution in [0.5, 0.6) is 0 Å². The first-order chi connectivity index (χ1) is 13.0. The molecule has 1 fully saturated rings. The molecule has 2 aromatic heterocycles. The topological polar surface area (TPSA) is 66.8 Å². The molecule has 27 heavy (non-hydrogen) atoms. The summed E-state index contributed by atoms with van der Waals surface area (Å²) in [5, 5.41) is 4.49. The lowest BCUT2D eigenvalue weighted by Crippen LogP contribution is -2.31. The first-order valence-corrected chi connectivity index (χ1v) is 9.40. The van der Waals surface area contributed by atoms with Gasteiger partial charge in [-0.15, -0.1) is 0 Å². The molecule has 1 aliphatic carbocycles. The van der Waals surface area contributed by atoms with E-state index >= 15 is 0 Å². The Morgan fingerprint density at radius 1 is 1.22 bits per heavy atom. The lowest BCUT2D eigenvalue weighted by Gasteiger charge is -2.22. The molecule has 0 saturated heterocycles. The first kappa shape index (κ1) is 17.5. The molecule has 3 aromatic rings. The fraction of sp³-hybridized carbons (Fsp3) is 0.381. The van der Waals surface area contributed by atoms with Crippen molar-refractivity contribution in [1.29, 1.82) is 0 Å². The van der Waals surface area contributed by atoms with E-state index in [0.717, 1.165) is 46.9 Å². The van der Waals surface area contributed by atoms with E-state index in [0.29, 0.717) is 13.1 Å². The normalized spacial score (nSPS) is 13.7. The maximum atomic E-state index is 12.9. The number of aromatic nitrogens is 4. The highest BCUT2D eigenvalue weighted by atomic mass is 16.2.